The van der Waals surface area contributed by atoms with Gasteiger partial charge in [-0.3, -0.25) is 10.1 Å². The number of imide groups is 1. The minimum absolute atomic E-state index is 0.294. The predicted octanol–water partition coefficient (Wildman–Crippen LogP) is 3.13. The fraction of sp³-hybridized carbons (Fsp3) is 0.200. The van der Waals surface area contributed by atoms with Gasteiger partial charge in [0.1, 0.15) is 0 Å². The van der Waals surface area contributed by atoms with E-state index in [-0.39, 0.29) is 6.61 Å². The second-order valence-corrected chi connectivity index (χ2v) is 5.42. The zero-order chi connectivity index (χ0) is 18.8. The monoisotopic (exact) mass is 354 g/mol. The lowest BCUT2D eigenvalue weighted by atomic mass is 10.2. The van der Waals surface area contributed by atoms with Gasteiger partial charge in [0.25, 0.3) is 5.91 Å². The van der Waals surface area contributed by atoms with E-state index in [9.17, 15) is 9.59 Å². The Labute approximate surface area is 152 Å². The van der Waals surface area contributed by atoms with E-state index in [1.807, 2.05) is 55.5 Å². The lowest BCUT2D eigenvalue weighted by Crippen LogP contribution is -2.41. The Bertz CT molecular complexity index is 773. The standard InChI is InChI=1S/C20H22N2O4/c1-3-7-15-10-11-17(18(12-15)25-2)26-14-19(23)22-20(24)21-13-16-8-5-4-6-9-16/h3-12H,13-14H2,1-2H3,(H2,21,22,23,24). The number of rotatable bonds is 7. The van der Waals surface area contributed by atoms with Crippen molar-refractivity contribution in [3.05, 3.63) is 65.7 Å². The Balaban J connectivity index is 1.81. The van der Waals surface area contributed by atoms with Crippen molar-refractivity contribution in [2.75, 3.05) is 13.7 Å². The summed E-state index contributed by atoms with van der Waals surface area (Å²) in [6.07, 6.45) is 3.84. The van der Waals surface area contributed by atoms with Crippen LogP contribution in [0.3, 0.4) is 0 Å². The molecule has 136 valence electrons. The van der Waals surface area contributed by atoms with Gasteiger partial charge in [0, 0.05) is 6.54 Å². The highest BCUT2D eigenvalue weighted by molar-refractivity contribution is 5.95. The van der Waals surface area contributed by atoms with E-state index in [4.69, 9.17) is 9.47 Å². The van der Waals surface area contributed by atoms with Crippen LogP contribution in [0, 0.1) is 0 Å². The summed E-state index contributed by atoms with van der Waals surface area (Å²) in [5, 5.41) is 4.84. The van der Waals surface area contributed by atoms with Gasteiger partial charge in [-0.15, -0.1) is 0 Å². The summed E-state index contributed by atoms with van der Waals surface area (Å²) >= 11 is 0. The highest BCUT2D eigenvalue weighted by atomic mass is 16.5. The molecule has 26 heavy (non-hydrogen) atoms. The lowest BCUT2D eigenvalue weighted by Gasteiger charge is -2.11. The van der Waals surface area contributed by atoms with Crippen LogP contribution in [0.2, 0.25) is 0 Å². The smallest absolute Gasteiger partial charge is 0.321 e. The number of carbonyl (C=O) groups is 2. The maximum Gasteiger partial charge on any atom is 0.321 e. The lowest BCUT2D eigenvalue weighted by molar-refractivity contribution is -0.122. The molecule has 0 aliphatic heterocycles. The largest absolute Gasteiger partial charge is 0.493 e. The fourth-order valence-electron chi connectivity index (χ4n) is 2.23. The Hall–Kier alpha value is -3.28. The van der Waals surface area contributed by atoms with Crippen LogP contribution < -0.4 is 20.1 Å². The van der Waals surface area contributed by atoms with Crippen molar-refractivity contribution < 1.29 is 19.1 Å². The van der Waals surface area contributed by atoms with Gasteiger partial charge >= 0.3 is 6.03 Å². The van der Waals surface area contributed by atoms with Gasteiger partial charge in [0.2, 0.25) is 0 Å². The van der Waals surface area contributed by atoms with E-state index in [2.05, 4.69) is 10.6 Å². The first kappa shape index (κ1) is 19.1. The van der Waals surface area contributed by atoms with Crippen LogP contribution in [0.15, 0.2) is 54.6 Å². The van der Waals surface area contributed by atoms with Crippen molar-refractivity contribution in [1.29, 1.82) is 0 Å². The minimum atomic E-state index is -0.571. The van der Waals surface area contributed by atoms with Crippen molar-refractivity contribution in [2.24, 2.45) is 0 Å². The first-order valence-electron chi connectivity index (χ1n) is 8.17. The summed E-state index contributed by atoms with van der Waals surface area (Å²) < 4.78 is 10.7. The number of methoxy groups -OCH3 is 1. The van der Waals surface area contributed by atoms with Crippen LogP contribution in [0.5, 0.6) is 11.5 Å². The number of benzene rings is 2. The zero-order valence-electron chi connectivity index (χ0n) is 14.8. The molecule has 0 heterocycles. The molecule has 0 saturated heterocycles. The van der Waals surface area contributed by atoms with Crippen LogP contribution >= 0.6 is 0 Å². The summed E-state index contributed by atoms with van der Waals surface area (Å²) in [6, 6.07) is 14.2. The van der Waals surface area contributed by atoms with Gasteiger partial charge in [0.05, 0.1) is 7.11 Å². The van der Waals surface area contributed by atoms with E-state index < -0.39 is 11.9 Å². The summed E-state index contributed by atoms with van der Waals surface area (Å²) in [7, 11) is 1.53. The third-order valence-electron chi connectivity index (χ3n) is 3.45. The van der Waals surface area contributed by atoms with Crippen molar-refractivity contribution >= 4 is 18.0 Å². The van der Waals surface area contributed by atoms with Crippen LogP contribution in [0.4, 0.5) is 4.79 Å². The average Bonchev–Trinajstić information content (AvgIpc) is 2.66. The molecule has 6 heteroatoms. The molecule has 2 aromatic rings. The van der Waals surface area contributed by atoms with Crippen LogP contribution in [0.1, 0.15) is 18.1 Å². The predicted molar refractivity (Wildman–Crippen MR) is 100 cm³/mol. The molecule has 0 saturated carbocycles. The highest BCUT2D eigenvalue weighted by Crippen LogP contribution is 2.28. The number of carbonyl (C=O) groups excluding carboxylic acids is 2. The summed E-state index contributed by atoms with van der Waals surface area (Å²) in [5.74, 6) is 0.401. The number of urea groups is 1. The number of allylic oxidation sites excluding steroid dienone is 1. The molecule has 0 fully saturated rings. The molecule has 0 aliphatic rings. The molecule has 6 nitrogen and oxygen atoms in total. The molecular weight excluding hydrogens is 332 g/mol. The molecule has 2 aromatic carbocycles. The van der Waals surface area contributed by atoms with Gasteiger partial charge < -0.3 is 14.8 Å². The molecule has 0 aromatic heterocycles. The van der Waals surface area contributed by atoms with Crippen molar-refractivity contribution in [3.63, 3.8) is 0 Å². The molecule has 0 radical (unpaired) electrons. The third kappa shape index (κ3) is 5.98. The third-order valence-corrected chi connectivity index (χ3v) is 3.45. The number of hydrogen-bond donors (Lipinski definition) is 2. The topological polar surface area (TPSA) is 76.7 Å². The van der Waals surface area contributed by atoms with Gasteiger partial charge in [-0.2, -0.15) is 0 Å². The SMILES string of the molecule is CC=Cc1ccc(OCC(=O)NC(=O)NCc2ccccc2)c(OC)c1. The van der Waals surface area contributed by atoms with Crippen LogP contribution in [-0.2, 0) is 11.3 Å². The van der Waals surface area contributed by atoms with E-state index >= 15 is 0 Å². The van der Waals surface area contributed by atoms with Crippen LogP contribution in [-0.4, -0.2) is 25.7 Å². The maximum absolute atomic E-state index is 11.9. The molecule has 0 atom stereocenters. The minimum Gasteiger partial charge on any atom is -0.493 e. The normalized spacial score (nSPS) is 10.4. The van der Waals surface area contributed by atoms with Crippen molar-refractivity contribution in [3.8, 4) is 11.5 Å². The Morgan fingerprint density at radius 1 is 1.08 bits per heavy atom. The van der Waals surface area contributed by atoms with E-state index in [0.29, 0.717) is 18.0 Å². The summed E-state index contributed by atoms with van der Waals surface area (Å²) in [4.78, 5) is 23.6. The van der Waals surface area contributed by atoms with E-state index in [1.165, 1.54) is 7.11 Å². The second-order valence-electron chi connectivity index (χ2n) is 5.42. The Kier molecular flexibility index (Phi) is 7.24. The van der Waals surface area contributed by atoms with Crippen LogP contribution in [0.25, 0.3) is 6.08 Å². The number of amides is 3. The summed E-state index contributed by atoms with van der Waals surface area (Å²) in [5.41, 5.74) is 1.90. The molecular formula is C20H22N2O4. The molecule has 3 amide bonds. The first-order valence-corrected chi connectivity index (χ1v) is 8.17. The first-order chi connectivity index (χ1) is 12.6. The van der Waals surface area contributed by atoms with Crippen molar-refractivity contribution in [1.82, 2.24) is 10.6 Å². The van der Waals surface area contributed by atoms with Gasteiger partial charge in [-0.05, 0) is 30.2 Å². The maximum atomic E-state index is 11.9. The van der Waals surface area contributed by atoms with Gasteiger partial charge in [-0.1, -0.05) is 48.6 Å². The molecule has 2 rings (SSSR count). The van der Waals surface area contributed by atoms with E-state index in [0.717, 1.165) is 11.1 Å². The molecule has 0 spiro atoms. The Morgan fingerprint density at radius 2 is 1.85 bits per heavy atom. The quantitative estimate of drug-likeness (QED) is 0.801. The van der Waals surface area contributed by atoms with Gasteiger partial charge in [-0.25, -0.2) is 4.79 Å². The average molecular weight is 354 g/mol. The molecule has 0 unspecified atom stereocenters. The molecule has 0 aliphatic carbocycles. The van der Waals surface area contributed by atoms with E-state index in [1.54, 1.807) is 12.1 Å². The summed E-state index contributed by atoms with van der Waals surface area (Å²) in [6.45, 7) is 1.96. The van der Waals surface area contributed by atoms with Gasteiger partial charge in [0.15, 0.2) is 18.1 Å². The van der Waals surface area contributed by atoms with Crippen molar-refractivity contribution in [2.45, 2.75) is 13.5 Å². The zero-order valence-corrected chi connectivity index (χ0v) is 14.8. The fourth-order valence-corrected chi connectivity index (χ4v) is 2.23. The number of nitrogens with one attached hydrogen (secondary N) is 2. The second kappa shape index (κ2) is 9.88. The number of hydrogen-bond acceptors (Lipinski definition) is 4. The molecule has 2 N–H and O–H groups in total. The number of ether oxygens (including phenoxy) is 2. The highest BCUT2D eigenvalue weighted by Gasteiger charge is 2.11. The molecule has 0 bridgehead atoms. The Morgan fingerprint density at radius 3 is 2.54 bits per heavy atom.